The van der Waals surface area contributed by atoms with Gasteiger partial charge in [0.05, 0.1) is 6.54 Å². The predicted octanol–water partition coefficient (Wildman–Crippen LogP) is 1.91. The maximum Gasteiger partial charge on any atom is 0.117 e. The minimum absolute atomic E-state index is 0.0531. The maximum absolute atomic E-state index is 12.2. The van der Waals surface area contributed by atoms with E-state index in [4.69, 9.17) is 0 Å². The van der Waals surface area contributed by atoms with Gasteiger partial charge in [-0.25, -0.2) is 0 Å². The molecule has 18 heavy (non-hydrogen) atoms. The van der Waals surface area contributed by atoms with Crippen molar-refractivity contribution in [3.63, 3.8) is 0 Å². The second-order valence-corrected chi connectivity index (χ2v) is 4.91. The fourth-order valence-electron chi connectivity index (χ4n) is 2.78. The molecule has 0 radical (unpaired) electrons. The molecule has 0 bridgehead atoms. The van der Waals surface area contributed by atoms with Crippen molar-refractivity contribution in [1.82, 2.24) is 0 Å². The van der Waals surface area contributed by atoms with E-state index >= 15 is 0 Å². The van der Waals surface area contributed by atoms with Gasteiger partial charge < -0.3 is 10.3 Å². The standard InChI is InChI=1S/C16H17NO/c18-17-11-10-14-8-4-5-9-15(14)16(17)12-13-6-2-1-3-7-13/h1-9,16-17H,10-12H2. The van der Waals surface area contributed by atoms with E-state index in [9.17, 15) is 5.21 Å². The lowest BCUT2D eigenvalue weighted by atomic mass is 9.90. The Morgan fingerprint density at radius 1 is 1.00 bits per heavy atom. The van der Waals surface area contributed by atoms with Crippen molar-refractivity contribution in [1.29, 1.82) is 0 Å². The summed E-state index contributed by atoms with van der Waals surface area (Å²) in [6, 6.07) is 18.7. The zero-order valence-corrected chi connectivity index (χ0v) is 10.3. The molecule has 0 fully saturated rings. The van der Waals surface area contributed by atoms with Crippen LogP contribution in [0.2, 0.25) is 0 Å². The smallest absolute Gasteiger partial charge is 0.117 e. The van der Waals surface area contributed by atoms with Gasteiger partial charge in [0.25, 0.3) is 0 Å². The average molecular weight is 239 g/mol. The molecular weight excluding hydrogens is 222 g/mol. The van der Waals surface area contributed by atoms with Crippen LogP contribution < -0.4 is 5.06 Å². The lowest BCUT2D eigenvalue weighted by Crippen LogP contribution is -3.09. The van der Waals surface area contributed by atoms with E-state index in [1.54, 1.807) is 0 Å². The van der Waals surface area contributed by atoms with Crippen molar-refractivity contribution in [3.8, 4) is 0 Å². The number of rotatable bonds is 2. The second-order valence-electron chi connectivity index (χ2n) is 4.91. The highest BCUT2D eigenvalue weighted by Crippen LogP contribution is 2.22. The average Bonchev–Trinajstić information content (AvgIpc) is 2.43. The minimum Gasteiger partial charge on any atom is -0.634 e. The largest absolute Gasteiger partial charge is 0.634 e. The van der Waals surface area contributed by atoms with Crippen LogP contribution in [0, 0.1) is 5.21 Å². The van der Waals surface area contributed by atoms with Crippen molar-refractivity contribution in [3.05, 3.63) is 76.5 Å². The van der Waals surface area contributed by atoms with E-state index in [0.717, 1.165) is 12.8 Å². The van der Waals surface area contributed by atoms with E-state index in [1.807, 2.05) is 24.3 Å². The van der Waals surface area contributed by atoms with Gasteiger partial charge >= 0.3 is 0 Å². The summed E-state index contributed by atoms with van der Waals surface area (Å²) in [5, 5.41) is 12.5. The zero-order valence-electron chi connectivity index (χ0n) is 10.3. The lowest BCUT2D eigenvalue weighted by Gasteiger charge is -2.37. The Morgan fingerprint density at radius 3 is 2.56 bits per heavy atom. The molecule has 1 aliphatic rings. The fraction of sp³-hybridized carbons (Fsp3) is 0.250. The minimum atomic E-state index is 0.0531. The Balaban J connectivity index is 1.91. The third-order valence-corrected chi connectivity index (χ3v) is 3.74. The number of hydroxylamine groups is 2. The van der Waals surface area contributed by atoms with Crippen molar-refractivity contribution in [2.75, 3.05) is 6.54 Å². The van der Waals surface area contributed by atoms with Crippen molar-refractivity contribution in [2.24, 2.45) is 0 Å². The van der Waals surface area contributed by atoms with Gasteiger partial charge in [-0.15, -0.1) is 0 Å². The number of quaternary nitrogens is 1. The number of benzene rings is 2. The first kappa shape index (κ1) is 11.5. The Morgan fingerprint density at radius 2 is 1.72 bits per heavy atom. The molecule has 0 amide bonds. The third-order valence-electron chi connectivity index (χ3n) is 3.74. The summed E-state index contributed by atoms with van der Waals surface area (Å²) in [4.78, 5) is 0. The number of hydrogen-bond acceptors (Lipinski definition) is 1. The van der Waals surface area contributed by atoms with E-state index in [0.29, 0.717) is 11.6 Å². The first-order chi connectivity index (χ1) is 8.84. The summed E-state index contributed by atoms with van der Waals surface area (Å²) in [6.07, 6.45) is 1.73. The van der Waals surface area contributed by atoms with Crippen LogP contribution in [0.25, 0.3) is 0 Å². The summed E-state index contributed by atoms with van der Waals surface area (Å²) >= 11 is 0. The zero-order chi connectivity index (χ0) is 12.4. The summed E-state index contributed by atoms with van der Waals surface area (Å²) in [5.41, 5.74) is 3.82. The molecule has 92 valence electrons. The molecule has 3 rings (SSSR count). The van der Waals surface area contributed by atoms with Crippen LogP contribution in [0.15, 0.2) is 54.6 Å². The number of hydrogen-bond donors (Lipinski definition) is 1. The van der Waals surface area contributed by atoms with E-state index in [1.165, 1.54) is 16.7 Å². The summed E-state index contributed by atoms with van der Waals surface area (Å²) in [5.74, 6) is 0. The van der Waals surface area contributed by atoms with Crippen LogP contribution in [0.3, 0.4) is 0 Å². The Kier molecular flexibility index (Phi) is 3.13. The summed E-state index contributed by atoms with van der Waals surface area (Å²) in [6.45, 7) is 0.689. The van der Waals surface area contributed by atoms with Crippen LogP contribution in [0.4, 0.5) is 0 Å². The van der Waals surface area contributed by atoms with Crippen LogP contribution in [-0.2, 0) is 12.8 Å². The molecular formula is C16H17NO. The Bertz CT molecular complexity index is 524. The van der Waals surface area contributed by atoms with Gasteiger partial charge in [0.15, 0.2) is 0 Å². The normalized spacial score (nSPS) is 22.5. The van der Waals surface area contributed by atoms with Crippen molar-refractivity contribution in [2.45, 2.75) is 18.9 Å². The van der Waals surface area contributed by atoms with Gasteiger partial charge in [-0.3, -0.25) is 0 Å². The molecule has 2 nitrogen and oxygen atoms in total. The van der Waals surface area contributed by atoms with E-state index in [-0.39, 0.29) is 6.04 Å². The van der Waals surface area contributed by atoms with Gasteiger partial charge in [0, 0.05) is 18.4 Å². The second kappa shape index (κ2) is 4.92. The molecule has 2 atom stereocenters. The highest BCUT2D eigenvalue weighted by molar-refractivity contribution is 5.32. The first-order valence-electron chi connectivity index (χ1n) is 6.49. The molecule has 2 aromatic carbocycles. The van der Waals surface area contributed by atoms with Crippen LogP contribution in [0.1, 0.15) is 22.7 Å². The fourth-order valence-corrected chi connectivity index (χ4v) is 2.78. The van der Waals surface area contributed by atoms with Gasteiger partial charge in [0.1, 0.15) is 6.04 Å². The van der Waals surface area contributed by atoms with Gasteiger partial charge in [-0.2, -0.15) is 0 Å². The molecule has 0 aromatic heterocycles. The quantitative estimate of drug-likeness (QED) is 0.796. The topological polar surface area (TPSA) is 27.5 Å². The maximum atomic E-state index is 12.2. The van der Waals surface area contributed by atoms with Crippen LogP contribution >= 0.6 is 0 Å². The molecule has 2 unspecified atom stereocenters. The van der Waals surface area contributed by atoms with Crippen molar-refractivity contribution < 1.29 is 5.06 Å². The molecule has 0 spiro atoms. The van der Waals surface area contributed by atoms with E-state index in [2.05, 4.69) is 30.3 Å². The third kappa shape index (κ3) is 2.17. The Labute approximate surface area is 107 Å². The van der Waals surface area contributed by atoms with E-state index < -0.39 is 0 Å². The molecule has 1 N–H and O–H groups in total. The molecule has 0 saturated carbocycles. The molecule has 2 aromatic rings. The highest BCUT2D eigenvalue weighted by atomic mass is 16.5. The summed E-state index contributed by atoms with van der Waals surface area (Å²) in [7, 11) is 0. The molecule has 1 aliphatic heterocycles. The van der Waals surface area contributed by atoms with Crippen LogP contribution in [-0.4, -0.2) is 6.54 Å². The molecule has 2 heteroatoms. The lowest BCUT2D eigenvalue weighted by molar-refractivity contribution is -0.884. The van der Waals surface area contributed by atoms with Crippen molar-refractivity contribution >= 4 is 0 Å². The van der Waals surface area contributed by atoms with Gasteiger partial charge in [-0.05, 0) is 11.1 Å². The summed E-state index contributed by atoms with van der Waals surface area (Å²) < 4.78 is 0. The SMILES string of the molecule is [O-][NH+]1CCc2ccccc2C1Cc1ccccc1. The van der Waals surface area contributed by atoms with Gasteiger partial charge in [-0.1, -0.05) is 54.6 Å². The molecule has 1 heterocycles. The molecule has 0 saturated heterocycles. The monoisotopic (exact) mass is 239 g/mol. The number of fused-ring (bicyclic) bond motifs is 1. The highest BCUT2D eigenvalue weighted by Gasteiger charge is 2.25. The van der Waals surface area contributed by atoms with Crippen LogP contribution in [0.5, 0.6) is 0 Å². The number of nitrogens with one attached hydrogen (secondary N) is 1. The predicted molar refractivity (Wildman–Crippen MR) is 72.2 cm³/mol. The molecule has 0 aliphatic carbocycles. The van der Waals surface area contributed by atoms with Gasteiger partial charge in [0.2, 0.25) is 0 Å². The Hall–Kier alpha value is -1.64. The first-order valence-corrected chi connectivity index (χ1v) is 6.49.